The Bertz CT molecular complexity index is 963. The van der Waals surface area contributed by atoms with Crippen LogP contribution in [0.1, 0.15) is 18.4 Å². The van der Waals surface area contributed by atoms with Crippen molar-refractivity contribution < 1.29 is 22.7 Å². The van der Waals surface area contributed by atoms with Crippen LogP contribution in [0.25, 0.3) is 0 Å². The maximum Gasteiger partial charge on any atom is 0.245 e. The molecule has 0 aliphatic carbocycles. The summed E-state index contributed by atoms with van der Waals surface area (Å²) < 4.78 is 39.4. The minimum atomic E-state index is -4.08. The summed E-state index contributed by atoms with van der Waals surface area (Å²) in [5.41, 5.74) is 0.829. The van der Waals surface area contributed by atoms with Crippen molar-refractivity contribution in [3.05, 3.63) is 59.1 Å². The van der Waals surface area contributed by atoms with E-state index in [9.17, 15) is 13.2 Å². The van der Waals surface area contributed by atoms with Crippen LogP contribution < -0.4 is 14.8 Å². The Morgan fingerprint density at radius 3 is 2.70 bits per heavy atom. The highest BCUT2D eigenvalue weighted by Crippen LogP contribution is 2.27. The average Bonchev–Trinajstić information content (AvgIpc) is 3.26. The summed E-state index contributed by atoms with van der Waals surface area (Å²) in [6, 6.07) is 12.5. The molecule has 7 nitrogen and oxygen atoms in total. The summed E-state index contributed by atoms with van der Waals surface area (Å²) in [7, 11) is -2.71. The molecule has 1 saturated heterocycles. The molecule has 2 atom stereocenters. The highest BCUT2D eigenvalue weighted by molar-refractivity contribution is 7.89. The summed E-state index contributed by atoms with van der Waals surface area (Å²) in [5.74, 6) is -0.274. The number of carbonyl (C=O) groups is 1. The minimum Gasteiger partial charge on any atom is -0.495 e. The smallest absolute Gasteiger partial charge is 0.245 e. The van der Waals surface area contributed by atoms with Gasteiger partial charge in [-0.05, 0) is 43.0 Å². The SMILES string of the molecule is COc1ccc(Cl)cc1S(=O)(=O)N[C@@H](Cc1ccccc1)C(=O)NC[C@H]1CCCO1. The van der Waals surface area contributed by atoms with E-state index in [1.54, 1.807) is 0 Å². The molecule has 3 rings (SSSR count). The molecule has 30 heavy (non-hydrogen) atoms. The van der Waals surface area contributed by atoms with Crippen molar-refractivity contribution in [2.75, 3.05) is 20.3 Å². The monoisotopic (exact) mass is 452 g/mol. The lowest BCUT2D eigenvalue weighted by Crippen LogP contribution is -2.49. The van der Waals surface area contributed by atoms with Gasteiger partial charge in [-0.25, -0.2) is 8.42 Å². The Morgan fingerprint density at radius 2 is 2.03 bits per heavy atom. The zero-order valence-corrected chi connectivity index (χ0v) is 18.2. The number of hydrogen-bond donors (Lipinski definition) is 2. The number of methoxy groups -OCH3 is 1. The van der Waals surface area contributed by atoms with Crippen molar-refractivity contribution in [2.24, 2.45) is 0 Å². The topological polar surface area (TPSA) is 93.7 Å². The van der Waals surface area contributed by atoms with Crippen LogP contribution in [0.4, 0.5) is 0 Å². The molecule has 9 heteroatoms. The second kappa shape index (κ2) is 10.3. The Kier molecular flexibility index (Phi) is 7.71. The Morgan fingerprint density at radius 1 is 1.27 bits per heavy atom. The summed E-state index contributed by atoms with van der Waals surface area (Å²) in [5, 5.41) is 3.06. The molecule has 1 fully saturated rings. The lowest BCUT2D eigenvalue weighted by molar-refractivity contribution is -0.123. The lowest BCUT2D eigenvalue weighted by atomic mass is 10.1. The van der Waals surface area contributed by atoms with E-state index < -0.39 is 22.0 Å². The third-order valence-electron chi connectivity index (χ3n) is 4.84. The first-order chi connectivity index (χ1) is 14.4. The number of halogens is 1. The van der Waals surface area contributed by atoms with Crippen LogP contribution in [-0.4, -0.2) is 46.7 Å². The highest BCUT2D eigenvalue weighted by atomic mass is 35.5. The molecule has 162 valence electrons. The molecular formula is C21H25ClN2O5S. The van der Waals surface area contributed by atoms with E-state index in [0.717, 1.165) is 18.4 Å². The summed E-state index contributed by atoms with van der Waals surface area (Å²) in [6.07, 6.45) is 1.97. The molecule has 0 bridgehead atoms. The van der Waals surface area contributed by atoms with E-state index in [2.05, 4.69) is 10.0 Å². The van der Waals surface area contributed by atoms with E-state index in [4.69, 9.17) is 21.1 Å². The number of nitrogens with one attached hydrogen (secondary N) is 2. The summed E-state index contributed by atoms with van der Waals surface area (Å²) >= 11 is 5.99. The van der Waals surface area contributed by atoms with Gasteiger partial charge >= 0.3 is 0 Å². The molecule has 1 aliphatic heterocycles. The number of benzene rings is 2. The van der Waals surface area contributed by atoms with Gasteiger partial charge in [0.1, 0.15) is 16.7 Å². The molecule has 0 unspecified atom stereocenters. The zero-order valence-electron chi connectivity index (χ0n) is 16.6. The lowest BCUT2D eigenvalue weighted by Gasteiger charge is -2.20. The van der Waals surface area contributed by atoms with Crippen LogP contribution in [0.15, 0.2) is 53.4 Å². The first kappa shape index (κ1) is 22.6. The number of ether oxygens (including phenoxy) is 2. The van der Waals surface area contributed by atoms with Crippen LogP contribution >= 0.6 is 11.6 Å². The number of amides is 1. The second-order valence-electron chi connectivity index (χ2n) is 7.04. The van der Waals surface area contributed by atoms with Crippen LogP contribution in [-0.2, 0) is 26.0 Å². The Balaban J connectivity index is 1.81. The third kappa shape index (κ3) is 5.95. The van der Waals surface area contributed by atoms with Gasteiger partial charge in [-0.2, -0.15) is 4.72 Å². The predicted octanol–water partition coefficient (Wildman–Crippen LogP) is 2.53. The van der Waals surface area contributed by atoms with Gasteiger partial charge in [0.25, 0.3) is 0 Å². The van der Waals surface area contributed by atoms with Gasteiger partial charge < -0.3 is 14.8 Å². The average molecular weight is 453 g/mol. The van der Waals surface area contributed by atoms with Gasteiger partial charge in [0.15, 0.2) is 0 Å². The van der Waals surface area contributed by atoms with Gasteiger partial charge in [0.2, 0.25) is 15.9 Å². The molecule has 0 saturated carbocycles. The van der Waals surface area contributed by atoms with Crippen LogP contribution in [0.5, 0.6) is 5.75 Å². The van der Waals surface area contributed by atoms with E-state index in [0.29, 0.717) is 13.2 Å². The summed E-state index contributed by atoms with van der Waals surface area (Å²) in [4.78, 5) is 12.8. The van der Waals surface area contributed by atoms with Crippen LogP contribution in [0.3, 0.4) is 0 Å². The molecule has 1 heterocycles. The fraction of sp³-hybridized carbons (Fsp3) is 0.381. The van der Waals surface area contributed by atoms with Crippen molar-refractivity contribution in [1.82, 2.24) is 10.0 Å². The predicted molar refractivity (Wildman–Crippen MR) is 114 cm³/mol. The molecule has 1 aliphatic rings. The fourth-order valence-corrected chi connectivity index (χ4v) is 4.92. The fourth-order valence-electron chi connectivity index (χ4n) is 3.29. The first-order valence-corrected chi connectivity index (χ1v) is 11.5. The third-order valence-corrected chi connectivity index (χ3v) is 6.57. The number of hydrogen-bond acceptors (Lipinski definition) is 5. The number of carbonyl (C=O) groups excluding carboxylic acids is 1. The largest absolute Gasteiger partial charge is 0.495 e. The van der Waals surface area contributed by atoms with Gasteiger partial charge in [-0.15, -0.1) is 0 Å². The van der Waals surface area contributed by atoms with Crippen molar-refractivity contribution in [3.63, 3.8) is 0 Å². The molecule has 2 N–H and O–H groups in total. The van der Waals surface area contributed by atoms with Crippen LogP contribution in [0, 0.1) is 0 Å². The van der Waals surface area contributed by atoms with Gasteiger partial charge in [0, 0.05) is 18.2 Å². The molecular weight excluding hydrogens is 428 g/mol. The molecule has 1 amide bonds. The maximum atomic E-state index is 13.1. The van der Waals surface area contributed by atoms with Crippen molar-refractivity contribution in [3.8, 4) is 5.75 Å². The van der Waals surface area contributed by atoms with E-state index in [1.165, 1.54) is 25.3 Å². The van der Waals surface area contributed by atoms with Crippen molar-refractivity contribution in [2.45, 2.75) is 36.3 Å². The standard InChI is InChI=1S/C21H25ClN2O5S/c1-28-19-10-9-16(22)13-20(19)30(26,27)24-18(12-15-6-3-2-4-7-15)21(25)23-14-17-8-5-11-29-17/h2-4,6-7,9-10,13,17-18,24H,5,8,11-12,14H2,1H3,(H,23,25)/t17-,18+/m1/s1. The zero-order chi connectivity index (χ0) is 21.6. The quantitative estimate of drug-likeness (QED) is 0.609. The first-order valence-electron chi connectivity index (χ1n) is 9.68. The second-order valence-corrected chi connectivity index (χ2v) is 9.16. The van der Waals surface area contributed by atoms with Crippen molar-refractivity contribution >= 4 is 27.5 Å². The van der Waals surface area contributed by atoms with Gasteiger partial charge in [-0.3, -0.25) is 4.79 Å². The minimum absolute atomic E-state index is 0.0454. The Labute approximate surface area is 181 Å². The van der Waals surface area contributed by atoms with E-state index >= 15 is 0 Å². The highest BCUT2D eigenvalue weighted by Gasteiger charge is 2.29. The molecule has 2 aromatic rings. The number of sulfonamides is 1. The van der Waals surface area contributed by atoms with Gasteiger partial charge in [-0.1, -0.05) is 41.9 Å². The molecule has 0 radical (unpaired) electrons. The van der Waals surface area contributed by atoms with E-state index in [1.807, 2.05) is 30.3 Å². The molecule has 0 aromatic heterocycles. The van der Waals surface area contributed by atoms with Crippen molar-refractivity contribution in [1.29, 1.82) is 0 Å². The molecule has 0 spiro atoms. The van der Waals surface area contributed by atoms with Gasteiger partial charge in [0.05, 0.1) is 13.2 Å². The number of rotatable bonds is 9. The normalized spacial score (nSPS) is 17.5. The molecule has 2 aromatic carbocycles. The van der Waals surface area contributed by atoms with E-state index in [-0.39, 0.29) is 28.2 Å². The Hall–Kier alpha value is -2.13. The van der Waals surface area contributed by atoms with Crippen LogP contribution in [0.2, 0.25) is 5.02 Å². The maximum absolute atomic E-state index is 13.1. The summed E-state index contributed by atoms with van der Waals surface area (Å²) in [6.45, 7) is 1.02.